The molecule has 1 aromatic carbocycles. The van der Waals surface area contributed by atoms with Gasteiger partial charge in [-0.2, -0.15) is 13.2 Å². The first-order valence-corrected chi connectivity index (χ1v) is 6.70. The van der Waals surface area contributed by atoms with Crippen molar-refractivity contribution >= 4 is 17.7 Å². The molecule has 0 fully saturated rings. The van der Waals surface area contributed by atoms with E-state index in [1.54, 1.807) is 0 Å². The van der Waals surface area contributed by atoms with Gasteiger partial charge in [-0.1, -0.05) is 6.07 Å². The molecule has 0 aliphatic heterocycles. The molecule has 1 rings (SSSR count). The lowest BCUT2D eigenvalue weighted by molar-refractivity contribution is -0.143. The lowest BCUT2D eigenvalue weighted by Crippen LogP contribution is -2.41. The number of hydrogen-bond acceptors (Lipinski definition) is 4. The van der Waals surface area contributed by atoms with Gasteiger partial charge in [0.15, 0.2) is 0 Å². The van der Waals surface area contributed by atoms with Gasteiger partial charge in [0.2, 0.25) is 0 Å². The fourth-order valence-electron chi connectivity index (χ4n) is 1.82. The van der Waals surface area contributed by atoms with E-state index in [9.17, 15) is 27.6 Å². The Hall–Kier alpha value is -2.38. The zero-order valence-electron chi connectivity index (χ0n) is 12.6. The summed E-state index contributed by atoms with van der Waals surface area (Å²) in [5.41, 5.74) is -1.21. The number of rotatable bonds is 6. The molecule has 126 valence electrons. The van der Waals surface area contributed by atoms with Crippen LogP contribution in [0.4, 0.5) is 13.2 Å². The Morgan fingerprint density at radius 1 is 1.26 bits per heavy atom. The molecule has 0 saturated heterocycles. The number of esters is 1. The summed E-state index contributed by atoms with van der Waals surface area (Å²) in [6, 6.07) is 2.72. The monoisotopic (exact) mass is 331 g/mol. The molecule has 1 amide bonds. The maximum absolute atomic E-state index is 12.6. The number of carbonyl (C=O) groups excluding carboxylic acids is 3. The number of ether oxygens (including phenoxy) is 1. The van der Waals surface area contributed by atoms with Gasteiger partial charge in [-0.3, -0.25) is 4.79 Å². The number of amides is 1. The molecule has 0 aromatic heterocycles. The van der Waals surface area contributed by atoms with Crippen LogP contribution in [0.5, 0.6) is 0 Å². The van der Waals surface area contributed by atoms with Crippen LogP contribution in [0.1, 0.15) is 35.7 Å². The van der Waals surface area contributed by atoms with Crippen LogP contribution >= 0.6 is 0 Å². The van der Waals surface area contributed by atoms with Crippen molar-refractivity contribution in [3.8, 4) is 0 Å². The van der Waals surface area contributed by atoms with Gasteiger partial charge in [0, 0.05) is 12.0 Å². The fourth-order valence-corrected chi connectivity index (χ4v) is 1.82. The third-order valence-electron chi connectivity index (χ3n) is 3.03. The molecular formula is C15H16F3NO4. The number of hydrogen-bond donors (Lipinski definition) is 1. The summed E-state index contributed by atoms with van der Waals surface area (Å²) in [7, 11) is 1.11. The molecule has 0 spiro atoms. The number of methoxy groups -OCH3 is 1. The zero-order valence-corrected chi connectivity index (χ0v) is 12.6. The summed E-state index contributed by atoms with van der Waals surface area (Å²) in [5.74, 6) is -1.81. The second kappa shape index (κ2) is 7.75. The third-order valence-corrected chi connectivity index (χ3v) is 3.03. The summed E-state index contributed by atoms with van der Waals surface area (Å²) in [5, 5.41) is 2.28. The maximum Gasteiger partial charge on any atom is 0.416 e. The predicted octanol–water partition coefficient (Wildman–Crippen LogP) is 2.35. The number of alkyl halides is 3. The largest absolute Gasteiger partial charge is 0.467 e. The fraction of sp³-hybridized carbons (Fsp3) is 0.400. The molecule has 0 bridgehead atoms. The molecule has 8 heteroatoms. The van der Waals surface area contributed by atoms with Crippen LogP contribution in [0, 0.1) is 0 Å². The minimum atomic E-state index is -4.58. The summed E-state index contributed by atoms with van der Waals surface area (Å²) in [6.07, 6.45) is -4.54. The van der Waals surface area contributed by atoms with E-state index in [-0.39, 0.29) is 24.2 Å². The number of nitrogens with one attached hydrogen (secondary N) is 1. The highest BCUT2D eigenvalue weighted by atomic mass is 19.4. The molecule has 0 saturated carbocycles. The number of Topliss-reactive ketones (excluding diaryl/α,β-unsaturated/α-hetero) is 1. The Morgan fingerprint density at radius 2 is 1.91 bits per heavy atom. The van der Waals surface area contributed by atoms with E-state index in [1.807, 2.05) is 0 Å². The molecule has 1 N–H and O–H groups in total. The van der Waals surface area contributed by atoms with Crippen molar-refractivity contribution < 1.29 is 32.3 Å². The van der Waals surface area contributed by atoms with Crippen LogP contribution in [0.3, 0.4) is 0 Å². The summed E-state index contributed by atoms with van der Waals surface area (Å²) >= 11 is 0. The molecule has 1 atom stereocenters. The summed E-state index contributed by atoms with van der Waals surface area (Å²) < 4.78 is 42.4. The Balaban J connectivity index is 2.90. The van der Waals surface area contributed by atoms with Crippen molar-refractivity contribution in [2.45, 2.75) is 32.0 Å². The number of benzene rings is 1. The molecule has 0 unspecified atom stereocenters. The Labute approximate surface area is 130 Å². The van der Waals surface area contributed by atoms with Crippen molar-refractivity contribution in [1.82, 2.24) is 5.32 Å². The van der Waals surface area contributed by atoms with Crippen molar-refractivity contribution in [2.75, 3.05) is 7.11 Å². The second-order valence-electron chi connectivity index (χ2n) is 4.87. The minimum Gasteiger partial charge on any atom is -0.467 e. The van der Waals surface area contributed by atoms with Crippen LogP contribution in [0.25, 0.3) is 0 Å². The lowest BCUT2D eigenvalue weighted by atomic mass is 10.1. The SMILES string of the molecule is COC(=O)[C@@H](CCC(C)=O)NC(=O)c1cccc(C(F)(F)F)c1. The Morgan fingerprint density at radius 3 is 2.43 bits per heavy atom. The van der Waals surface area contributed by atoms with E-state index in [4.69, 9.17) is 0 Å². The highest BCUT2D eigenvalue weighted by molar-refractivity contribution is 5.97. The Bertz CT molecular complexity index is 599. The van der Waals surface area contributed by atoms with Gasteiger partial charge in [-0.15, -0.1) is 0 Å². The highest BCUT2D eigenvalue weighted by Gasteiger charge is 2.31. The first kappa shape index (κ1) is 18.7. The van der Waals surface area contributed by atoms with Crippen molar-refractivity contribution in [3.63, 3.8) is 0 Å². The highest BCUT2D eigenvalue weighted by Crippen LogP contribution is 2.29. The van der Waals surface area contributed by atoms with E-state index >= 15 is 0 Å². The van der Waals surface area contributed by atoms with Crippen molar-refractivity contribution in [2.24, 2.45) is 0 Å². The van der Waals surface area contributed by atoms with Crippen LogP contribution in [0.15, 0.2) is 24.3 Å². The predicted molar refractivity (Wildman–Crippen MR) is 74.6 cm³/mol. The van der Waals surface area contributed by atoms with Crippen molar-refractivity contribution in [1.29, 1.82) is 0 Å². The standard InChI is InChI=1S/C15H16F3NO4/c1-9(20)6-7-12(14(22)23-2)19-13(21)10-4-3-5-11(8-10)15(16,17)18/h3-5,8,12H,6-7H2,1-2H3,(H,19,21)/t12-/m1/s1. The number of halogens is 3. The molecule has 0 radical (unpaired) electrons. The van der Waals surface area contributed by atoms with E-state index < -0.39 is 29.7 Å². The molecule has 1 aromatic rings. The van der Waals surface area contributed by atoms with Gasteiger partial charge in [0.1, 0.15) is 11.8 Å². The van der Waals surface area contributed by atoms with Gasteiger partial charge < -0.3 is 14.8 Å². The van der Waals surface area contributed by atoms with Gasteiger partial charge >= 0.3 is 12.1 Å². The molecule has 5 nitrogen and oxygen atoms in total. The second-order valence-corrected chi connectivity index (χ2v) is 4.87. The van der Waals surface area contributed by atoms with Gasteiger partial charge in [0.05, 0.1) is 12.7 Å². The van der Waals surface area contributed by atoms with Crippen LogP contribution in [-0.4, -0.2) is 30.8 Å². The molecule has 23 heavy (non-hydrogen) atoms. The van der Waals surface area contributed by atoms with E-state index in [0.717, 1.165) is 19.2 Å². The first-order valence-electron chi connectivity index (χ1n) is 6.70. The van der Waals surface area contributed by atoms with Crippen LogP contribution in [-0.2, 0) is 20.5 Å². The van der Waals surface area contributed by atoms with E-state index in [2.05, 4.69) is 10.1 Å². The smallest absolute Gasteiger partial charge is 0.416 e. The summed E-state index contributed by atoms with van der Waals surface area (Å²) in [6.45, 7) is 1.32. The molecule has 0 heterocycles. The van der Waals surface area contributed by atoms with Crippen molar-refractivity contribution in [3.05, 3.63) is 35.4 Å². The summed E-state index contributed by atoms with van der Waals surface area (Å²) in [4.78, 5) is 34.6. The third kappa shape index (κ3) is 5.72. The molecular weight excluding hydrogens is 315 g/mol. The average Bonchev–Trinajstić information content (AvgIpc) is 2.49. The molecule has 0 aliphatic carbocycles. The van der Waals surface area contributed by atoms with E-state index in [1.165, 1.54) is 13.0 Å². The average molecular weight is 331 g/mol. The number of ketones is 1. The van der Waals surface area contributed by atoms with Crippen LogP contribution < -0.4 is 5.32 Å². The van der Waals surface area contributed by atoms with E-state index in [0.29, 0.717) is 6.07 Å². The van der Waals surface area contributed by atoms with Gasteiger partial charge in [-0.25, -0.2) is 4.79 Å². The van der Waals surface area contributed by atoms with Crippen LogP contribution in [0.2, 0.25) is 0 Å². The lowest BCUT2D eigenvalue weighted by Gasteiger charge is -2.16. The van der Waals surface area contributed by atoms with Gasteiger partial charge in [0.25, 0.3) is 5.91 Å². The quantitative estimate of drug-likeness (QED) is 0.812. The first-order chi connectivity index (χ1) is 10.6. The maximum atomic E-state index is 12.6. The van der Waals surface area contributed by atoms with Gasteiger partial charge in [-0.05, 0) is 31.5 Å². The molecule has 0 aliphatic rings. The minimum absolute atomic E-state index is 0.00665. The normalized spacial score (nSPS) is 12.4. The number of carbonyl (C=O) groups is 3. The Kier molecular flexibility index (Phi) is 6.29. The topological polar surface area (TPSA) is 72.5 Å². The zero-order chi connectivity index (χ0) is 17.6.